The molecule has 1 amide bonds. The normalized spacial score (nSPS) is 22.1. The Labute approximate surface area is 152 Å². The summed E-state index contributed by atoms with van der Waals surface area (Å²) < 4.78 is 2.02. The number of hydrogen-bond donors (Lipinski definition) is 2. The Morgan fingerprint density at radius 1 is 1.48 bits per heavy atom. The van der Waals surface area contributed by atoms with Crippen LogP contribution in [-0.4, -0.2) is 50.7 Å². The van der Waals surface area contributed by atoms with E-state index in [0.29, 0.717) is 12.1 Å². The molecule has 6 nitrogen and oxygen atoms in total. The molecule has 1 aliphatic rings. The fourth-order valence-electron chi connectivity index (χ4n) is 3.05. The molecular formula is C18H26N4O2S. The van der Waals surface area contributed by atoms with Crippen LogP contribution in [0.3, 0.4) is 0 Å². The van der Waals surface area contributed by atoms with Gasteiger partial charge in [0.2, 0.25) is 0 Å². The van der Waals surface area contributed by atoms with Gasteiger partial charge in [0.25, 0.3) is 5.91 Å². The Hall–Kier alpha value is -1.70. The fourth-order valence-corrected chi connectivity index (χ4v) is 3.60. The third kappa shape index (κ3) is 4.48. The largest absolute Gasteiger partial charge is 0.390 e. The average molecular weight is 362 g/mol. The molecule has 25 heavy (non-hydrogen) atoms. The summed E-state index contributed by atoms with van der Waals surface area (Å²) in [6.07, 6.45) is 3.94. The Kier molecular flexibility index (Phi) is 5.27. The van der Waals surface area contributed by atoms with E-state index in [0.717, 1.165) is 25.2 Å². The van der Waals surface area contributed by atoms with Crippen LogP contribution in [0.25, 0.3) is 0 Å². The first kappa shape index (κ1) is 18.1. The van der Waals surface area contributed by atoms with Crippen LogP contribution in [-0.2, 0) is 12.1 Å². The number of thiazole rings is 1. The molecule has 2 atom stereocenters. The number of aliphatic hydroxyl groups excluding tert-OH is 1. The number of rotatable bonds is 4. The molecular weight excluding hydrogens is 336 g/mol. The number of aliphatic hydroxyl groups is 1. The van der Waals surface area contributed by atoms with Gasteiger partial charge in [-0.25, -0.2) is 4.98 Å². The zero-order valence-corrected chi connectivity index (χ0v) is 15.8. The highest BCUT2D eigenvalue weighted by molar-refractivity contribution is 7.07. The minimum Gasteiger partial charge on any atom is -0.390 e. The van der Waals surface area contributed by atoms with E-state index in [1.54, 1.807) is 11.3 Å². The average Bonchev–Trinajstić information content (AvgIpc) is 3.20. The van der Waals surface area contributed by atoms with Gasteiger partial charge in [0.15, 0.2) is 0 Å². The predicted octanol–water partition coefficient (Wildman–Crippen LogP) is 2.06. The Morgan fingerprint density at radius 3 is 2.88 bits per heavy atom. The monoisotopic (exact) mass is 362 g/mol. The number of piperidine rings is 1. The number of hydrogen-bond acceptors (Lipinski definition) is 5. The summed E-state index contributed by atoms with van der Waals surface area (Å²) in [5.74, 6) is -0.125. The lowest BCUT2D eigenvalue weighted by Gasteiger charge is -2.35. The van der Waals surface area contributed by atoms with Crippen molar-refractivity contribution in [2.24, 2.45) is 0 Å². The van der Waals surface area contributed by atoms with E-state index in [1.807, 2.05) is 33.9 Å². The van der Waals surface area contributed by atoms with Gasteiger partial charge >= 0.3 is 0 Å². The smallest absolute Gasteiger partial charge is 0.253 e. The third-order valence-corrected chi connectivity index (χ3v) is 5.22. The van der Waals surface area contributed by atoms with Crippen molar-refractivity contribution in [2.75, 3.05) is 13.1 Å². The molecule has 0 radical (unpaired) electrons. The lowest BCUT2D eigenvalue weighted by atomic mass is 10.0. The van der Waals surface area contributed by atoms with E-state index in [1.165, 1.54) is 0 Å². The van der Waals surface area contributed by atoms with Crippen LogP contribution in [0.5, 0.6) is 0 Å². The van der Waals surface area contributed by atoms with Crippen LogP contribution in [0.15, 0.2) is 29.4 Å². The van der Waals surface area contributed by atoms with Gasteiger partial charge in [-0.05, 0) is 33.3 Å². The van der Waals surface area contributed by atoms with Gasteiger partial charge in [-0.3, -0.25) is 9.69 Å². The molecule has 1 aliphatic heterocycles. The lowest BCUT2D eigenvalue weighted by molar-refractivity contribution is 0.0346. The molecule has 136 valence electrons. The summed E-state index contributed by atoms with van der Waals surface area (Å²) in [5, 5.41) is 15.4. The van der Waals surface area contributed by atoms with Gasteiger partial charge < -0.3 is 15.0 Å². The van der Waals surface area contributed by atoms with E-state index in [4.69, 9.17) is 0 Å². The van der Waals surface area contributed by atoms with E-state index < -0.39 is 6.10 Å². The standard InChI is InChI=1S/C18H26N4O2S/c1-18(2,3)22-7-4-13(8-22)17(24)20-15-5-6-21(10-16(15)23)9-14-11-25-12-19-14/h4,7-8,11-12,15-16,23H,5-6,9-10H2,1-3H3,(H,20,24)/t15-,16-/m1/s1. The van der Waals surface area contributed by atoms with Crippen LogP contribution < -0.4 is 5.32 Å². The number of nitrogens with one attached hydrogen (secondary N) is 1. The van der Waals surface area contributed by atoms with Gasteiger partial charge in [0.1, 0.15) is 0 Å². The first-order valence-corrected chi connectivity index (χ1v) is 9.54. The zero-order chi connectivity index (χ0) is 18.0. The number of amides is 1. The van der Waals surface area contributed by atoms with Crippen molar-refractivity contribution >= 4 is 17.2 Å². The van der Waals surface area contributed by atoms with Crippen molar-refractivity contribution in [3.63, 3.8) is 0 Å². The van der Waals surface area contributed by atoms with Gasteiger partial charge in [-0.2, -0.15) is 0 Å². The summed E-state index contributed by atoms with van der Waals surface area (Å²) >= 11 is 1.58. The zero-order valence-electron chi connectivity index (χ0n) is 15.0. The minimum atomic E-state index is -0.568. The summed E-state index contributed by atoms with van der Waals surface area (Å²) in [5.41, 5.74) is 3.43. The van der Waals surface area contributed by atoms with Crippen molar-refractivity contribution in [3.8, 4) is 0 Å². The van der Waals surface area contributed by atoms with Crippen molar-refractivity contribution < 1.29 is 9.90 Å². The van der Waals surface area contributed by atoms with Gasteiger partial charge in [-0.1, -0.05) is 0 Å². The molecule has 2 aromatic heterocycles. The Balaban J connectivity index is 1.55. The SMILES string of the molecule is CC(C)(C)n1ccc(C(=O)N[C@@H]2CCN(Cc3cscn3)C[C@H]2O)c1. The first-order valence-electron chi connectivity index (χ1n) is 8.60. The summed E-state index contributed by atoms with van der Waals surface area (Å²) in [6, 6.07) is 1.61. The fraction of sp³-hybridized carbons (Fsp3) is 0.556. The maximum Gasteiger partial charge on any atom is 0.253 e. The molecule has 3 rings (SSSR count). The Morgan fingerprint density at radius 2 is 2.28 bits per heavy atom. The molecule has 0 aromatic carbocycles. The highest BCUT2D eigenvalue weighted by atomic mass is 32.1. The van der Waals surface area contributed by atoms with E-state index in [2.05, 4.69) is 36.0 Å². The number of aromatic nitrogens is 2. The molecule has 3 heterocycles. The van der Waals surface area contributed by atoms with Crippen molar-refractivity contribution in [1.29, 1.82) is 0 Å². The minimum absolute atomic E-state index is 0.0565. The first-order chi connectivity index (χ1) is 11.8. The van der Waals surface area contributed by atoms with Crippen molar-refractivity contribution in [3.05, 3.63) is 40.6 Å². The second-order valence-electron chi connectivity index (χ2n) is 7.63. The maximum absolute atomic E-state index is 12.5. The number of nitrogens with zero attached hydrogens (tertiary/aromatic N) is 3. The summed E-state index contributed by atoms with van der Waals surface area (Å²) in [6.45, 7) is 8.41. The van der Waals surface area contributed by atoms with Gasteiger partial charge in [0, 0.05) is 42.9 Å². The molecule has 0 saturated carbocycles. The van der Waals surface area contributed by atoms with Crippen LogP contribution in [0.1, 0.15) is 43.2 Å². The highest BCUT2D eigenvalue weighted by Crippen LogP contribution is 2.18. The van der Waals surface area contributed by atoms with Crippen LogP contribution in [0, 0.1) is 0 Å². The molecule has 1 saturated heterocycles. The van der Waals surface area contributed by atoms with Crippen molar-refractivity contribution in [2.45, 2.75) is 51.4 Å². The van der Waals surface area contributed by atoms with E-state index >= 15 is 0 Å². The van der Waals surface area contributed by atoms with E-state index in [9.17, 15) is 9.90 Å². The topological polar surface area (TPSA) is 70.4 Å². The summed E-state index contributed by atoms with van der Waals surface area (Å²) in [7, 11) is 0. The predicted molar refractivity (Wildman–Crippen MR) is 98.7 cm³/mol. The molecule has 2 N–H and O–H groups in total. The molecule has 0 spiro atoms. The van der Waals surface area contributed by atoms with E-state index in [-0.39, 0.29) is 17.5 Å². The number of β-amino-alcohol motifs (C(OH)–C–C–N with tert-alkyl or cyclic N) is 1. The molecule has 1 fully saturated rings. The molecule has 2 aromatic rings. The highest BCUT2D eigenvalue weighted by Gasteiger charge is 2.29. The number of carbonyl (C=O) groups excluding carboxylic acids is 1. The molecule has 0 bridgehead atoms. The quantitative estimate of drug-likeness (QED) is 0.873. The summed E-state index contributed by atoms with van der Waals surface area (Å²) in [4.78, 5) is 18.9. The number of likely N-dealkylation sites (tertiary alicyclic amines) is 1. The van der Waals surface area contributed by atoms with Gasteiger partial charge in [0.05, 0.1) is 28.9 Å². The molecule has 0 aliphatic carbocycles. The number of carbonyl (C=O) groups is 1. The second kappa shape index (κ2) is 7.27. The Bertz CT molecular complexity index is 705. The van der Waals surface area contributed by atoms with Crippen LogP contribution in [0.4, 0.5) is 0 Å². The lowest BCUT2D eigenvalue weighted by Crippen LogP contribution is -2.53. The van der Waals surface area contributed by atoms with Crippen molar-refractivity contribution in [1.82, 2.24) is 19.8 Å². The van der Waals surface area contributed by atoms with Crippen LogP contribution >= 0.6 is 11.3 Å². The third-order valence-electron chi connectivity index (χ3n) is 4.58. The molecule has 0 unspecified atom stereocenters. The van der Waals surface area contributed by atoms with Crippen LogP contribution in [0.2, 0.25) is 0 Å². The maximum atomic E-state index is 12.5. The molecule has 7 heteroatoms. The van der Waals surface area contributed by atoms with Gasteiger partial charge in [-0.15, -0.1) is 11.3 Å². The second-order valence-corrected chi connectivity index (χ2v) is 8.35.